The van der Waals surface area contributed by atoms with E-state index < -0.39 is 0 Å². The molecule has 1 aromatic carbocycles. The van der Waals surface area contributed by atoms with Gasteiger partial charge < -0.3 is 5.32 Å². The summed E-state index contributed by atoms with van der Waals surface area (Å²) in [7, 11) is 0. The Labute approximate surface area is 112 Å². The summed E-state index contributed by atoms with van der Waals surface area (Å²) in [5, 5.41) is 8.63. The average Bonchev–Trinajstić information content (AvgIpc) is 2.89. The highest BCUT2D eigenvalue weighted by Gasteiger charge is 2.15. The van der Waals surface area contributed by atoms with Crippen LogP contribution < -0.4 is 5.32 Å². The highest BCUT2D eigenvalue weighted by molar-refractivity contribution is 6.30. The molecule has 0 atom stereocenters. The van der Waals surface area contributed by atoms with Gasteiger partial charge in [0.1, 0.15) is 0 Å². The van der Waals surface area contributed by atoms with Gasteiger partial charge in [0.25, 0.3) is 0 Å². The monoisotopic (exact) mass is 261 g/mol. The molecule has 0 spiro atoms. The van der Waals surface area contributed by atoms with E-state index in [1.165, 1.54) is 0 Å². The zero-order valence-electron chi connectivity index (χ0n) is 10.1. The number of aromatic nitrogens is 2. The van der Waals surface area contributed by atoms with E-state index >= 15 is 0 Å². The summed E-state index contributed by atoms with van der Waals surface area (Å²) >= 11 is 6.01. The molecule has 1 aromatic heterocycles. The Morgan fingerprint density at radius 3 is 2.83 bits per heavy atom. The van der Waals surface area contributed by atoms with Crippen LogP contribution in [0.5, 0.6) is 0 Å². The molecule has 0 unspecified atom stereocenters. The molecule has 3 rings (SSSR count). The molecule has 0 saturated carbocycles. The van der Waals surface area contributed by atoms with Gasteiger partial charge in [-0.3, -0.25) is 4.68 Å². The highest BCUT2D eigenvalue weighted by Crippen LogP contribution is 2.25. The summed E-state index contributed by atoms with van der Waals surface area (Å²) < 4.78 is 2.09. The first-order valence-corrected chi connectivity index (χ1v) is 6.71. The number of hydrogen-bond donors (Lipinski definition) is 1. The number of nitrogens with one attached hydrogen (secondary N) is 1. The van der Waals surface area contributed by atoms with E-state index in [2.05, 4.69) is 27.4 Å². The predicted molar refractivity (Wildman–Crippen MR) is 73.8 cm³/mol. The SMILES string of the molecule is Clc1cccc(-c2cnn(C3CCNCC3)c2)c1. The number of nitrogens with zero attached hydrogens (tertiary/aromatic N) is 2. The minimum absolute atomic E-state index is 0.527. The van der Waals surface area contributed by atoms with Gasteiger partial charge in [-0.25, -0.2) is 0 Å². The molecule has 0 amide bonds. The van der Waals surface area contributed by atoms with Gasteiger partial charge in [-0.05, 0) is 43.6 Å². The van der Waals surface area contributed by atoms with Gasteiger partial charge in [-0.15, -0.1) is 0 Å². The van der Waals surface area contributed by atoms with Crippen LogP contribution in [0.2, 0.25) is 5.02 Å². The molecule has 1 N–H and O–H groups in total. The first-order chi connectivity index (χ1) is 8.83. The molecule has 1 saturated heterocycles. The van der Waals surface area contributed by atoms with Crippen LogP contribution >= 0.6 is 11.6 Å². The number of rotatable bonds is 2. The van der Waals surface area contributed by atoms with Crippen LogP contribution in [0.25, 0.3) is 11.1 Å². The van der Waals surface area contributed by atoms with Crippen molar-refractivity contribution in [2.24, 2.45) is 0 Å². The molecule has 1 aliphatic rings. The molecule has 3 nitrogen and oxygen atoms in total. The van der Waals surface area contributed by atoms with Gasteiger partial charge in [0, 0.05) is 16.8 Å². The first-order valence-electron chi connectivity index (χ1n) is 6.34. The maximum Gasteiger partial charge on any atom is 0.0568 e. The van der Waals surface area contributed by atoms with Crippen LogP contribution in [0, 0.1) is 0 Å². The van der Waals surface area contributed by atoms with Crippen molar-refractivity contribution in [1.82, 2.24) is 15.1 Å². The summed E-state index contributed by atoms with van der Waals surface area (Å²) in [6.07, 6.45) is 6.35. The Balaban J connectivity index is 1.84. The fourth-order valence-electron chi connectivity index (χ4n) is 2.43. The second-order valence-electron chi connectivity index (χ2n) is 4.70. The topological polar surface area (TPSA) is 29.9 Å². The van der Waals surface area contributed by atoms with Crippen LogP contribution in [0.3, 0.4) is 0 Å². The Kier molecular flexibility index (Phi) is 3.35. The van der Waals surface area contributed by atoms with E-state index in [9.17, 15) is 0 Å². The number of halogens is 1. The Morgan fingerprint density at radius 2 is 2.06 bits per heavy atom. The van der Waals surface area contributed by atoms with Gasteiger partial charge in [0.15, 0.2) is 0 Å². The van der Waals surface area contributed by atoms with Crippen molar-refractivity contribution < 1.29 is 0 Å². The molecule has 94 valence electrons. The molecule has 0 aliphatic carbocycles. The molecule has 4 heteroatoms. The second kappa shape index (κ2) is 5.12. The lowest BCUT2D eigenvalue weighted by Gasteiger charge is -2.22. The van der Waals surface area contributed by atoms with Crippen molar-refractivity contribution in [2.45, 2.75) is 18.9 Å². The van der Waals surface area contributed by atoms with E-state index in [4.69, 9.17) is 11.6 Å². The zero-order valence-corrected chi connectivity index (χ0v) is 10.9. The van der Waals surface area contributed by atoms with Crippen LogP contribution in [0.1, 0.15) is 18.9 Å². The highest BCUT2D eigenvalue weighted by atomic mass is 35.5. The molecule has 0 bridgehead atoms. The maximum atomic E-state index is 6.01. The van der Waals surface area contributed by atoms with Gasteiger partial charge in [0.05, 0.1) is 12.2 Å². The van der Waals surface area contributed by atoms with E-state index in [0.29, 0.717) is 6.04 Å². The molecular formula is C14H16ClN3. The van der Waals surface area contributed by atoms with Crippen molar-refractivity contribution in [3.63, 3.8) is 0 Å². The Bertz CT molecular complexity index is 529. The van der Waals surface area contributed by atoms with Crippen LogP contribution in [-0.2, 0) is 0 Å². The number of benzene rings is 1. The molecule has 1 fully saturated rings. The molecule has 2 aromatic rings. The van der Waals surface area contributed by atoms with Crippen LogP contribution in [-0.4, -0.2) is 22.9 Å². The van der Waals surface area contributed by atoms with Crippen LogP contribution in [0.15, 0.2) is 36.7 Å². The van der Waals surface area contributed by atoms with Gasteiger partial charge in [0.2, 0.25) is 0 Å². The third kappa shape index (κ3) is 2.42. The van der Waals surface area contributed by atoms with Crippen molar-refractivity contribution in [3.8, 4) is 11.1 Å². The van der Waals surface area contributed by atoms with Crippen molar-refractivity contribution in [1.29, 1.82) is 0 Å². The minimum atomic E-state index is 0.527. The summed E-state index contributed by atoms with van der Waals surface area (Å²) in [5.74, 6) is 0. The number of piperidine rings is 1. The molecule has 0 radical (unpaired) electrons. The van der Waals surface area contributed by atoms with E-state index in [0.717, 1.165) is 42.1 Å². The zero-order chi connectivity index (χ0) is 12.4. The summed E-state index contributed by atoms with van der Waals surface area (Å²) in [5.41, 5.74) is 2.26. The van der Waals surface area contributed by atoms with Crippen molar-refractivity contribution >= 4 is 11.6 Å². The third-order valence-electron chi connectivity index (χ3n) is 3.44. The van der Waals surface area contributed by atoms with E-state index in [1.54, 1.807) is 0 Å². The molecule has 1 aliphatic heterocycles. The quantitative estimate of drug-likeness (QED) is 0.900. The molecular weight excluding hydrogens is 246 g/mol. The van der Waals surface area contributed by atoms with E-state index in [1.807, 2.05) is 24.4 Å². The van der Waals surface area contributed by atoms with E-state index in [-0.39, 0.29) is 0 Å². The number of hydrogen-bond acceptors (Lipinski definition) is 2. The average molecular weight is 262 g/mol. The predicted octanol–water partition coefficient (Wildman–Crippen LogP) is 3.13. The van der Waals surface area contributed by atoms with Crippen molar-refractivity contribution in [2.75, 3.05) is 13.1 Å². The summed E-state index contributed by atoms with van der Waals surface area (Å²) in [6, 6.07) is 8.43. The Morgan fingerprint density at radius 1 is 1.22 bits per heavy atom. The summed E-state index contributed by atoms with van der Waals surface area (Å²) in [6.45, 7) is 2.16. The standard InChI is InChI=1S/C14H16ClN3/c15-13-3-1-2-11(8-13)12-9-17-18(10-12)14-4-6-16-7-5-14/h1-3,8-10,14,16H,4-7H2. The van der Waals surface area contributed by atoms with Gasteiger partial charge >= 0.3 is 0 Å². The third-order valence-corrected chi connectivity index (χ3v) is 3.68. The summed E-state index contributed by atoms with van der Waals surface area (Å²) in [4.78, 5) is 0. The van der Waals surface area contributed by atoms with Crippen LogP contribution in [0.4, 0.5) is 0 Å². The largest absolute Gasteiger partial charge is 0.317 e. The lowest BCUT2D eigenvalue weighted by Crippen LogP contribution is -2.29. The molecule has 18 heavy (non-hydrogen) atoms. The fourth-order valence-corrected chi connectivity index (χ4v) is 2.62. The first kappa shape index (κ1) is 11.8. The fraction of sp³-hybridized carbons (Fsp3) is 0.357. The smallest absolute Gasteiger partial charge is 0.0568 e. The lowest BCUT2D eigenvalue weighted by atomic mass is 10.1. The molecule has 2 heterocycles. The van der Waals surface area contributed by atoms with Gasteiger partial charge in [-0.1, -0.05) is 23.7 Å². The van der Waals surface area contributed by atoms with Crippen molar-refractivity contribution in [3.05, 3.63) is 41.7 Å². The maximum absolute atomic E-state index is 6.01. The normalized spacial score (nSPS) is 16.9. The Hall–Kier alpha value is -1.32. The van der Waals surface area contributed by atoms with Gasteiger partial charge in [-0.2, -0.15) is 5.10 Å². The lowest BCUT2D eigenvalue weighted by molar-refractivity contribution is 0.343. The second-order valence-corrected chi connectivity index (χ2v) is 5.14. The minimum Gasteiger partial charge on any atom is -0.317 e.